The molecule has 2 N–H and O–H groups in total. The maximum absolute atomic E-state index is 12.6. The van der Waals surface area contributed by atoms with Crippen molar-refractivity contribution in [1.82, 2.24) is 24.6 Å². The smallest absolute Gasteiger partial charge is 0.246 e. The number of ketones is 1. The van der Waals surface area contributed by atoms with Crippen molar-refractivity contribution in [3.05, 3.63) is 84.2 Å². The fourth-order valence-electron chi connectivity index (χ4n) is 4.90. The molecule has 9 heteroatoms. The summed E-state index contributed by atoms with van der Waals surface area (Å²) < 4.78 is 1.87. The lowest BCUT2D eigenvalue weighted by atomic mass is 10.0. The fourth-order valence-corrected chi connectivity index (χ4v) is 4.90. The maximum Gasteiger partial charge on any atom is 0.246 e. The lowest BCUT2D eigenvalue weighted by Gasteiger charge is -2.32. The first-order valence-corrected chi connectivity index (χ1v) is 12.5. The van der Waals surface area contributed by atoms with Crippen LogP contribution in [0.4, 0.5) is 5.82 Å². The largest absolute Gasteiger partial charge is 0.383 e. The van der Waals surface area contributed by atoms with E-state index in [0.717, 1.165) is 24.0 Å². The van der Waals surface area contributed by atoms with E-state index in [2.05, 4.69) is 22.6 Å². The van der Waals surface area contributed by atoms with Crippen LogP contribution in [0.3, 0.4) is 0 Å². The number of nitriles is 1. The molecule has 0 aliphatic carbocycles. The molecule has 1 atom stereocenters. The Morgan fingerprint density at radius 2 is 1.89 bits per heavy atom. The van der Waals surface area contributed by atoms with Gasteiger partial charge in [-0.15, -0.1) is 0 Å². The van der Waals surface area contributed by atoms with Crippen LogP contribution in [0.2, 0.25) is 0 Å². The molecule has 2 aromatic carbocycles. The van der Waals surface area contributed by atoms with Crippen LogP contribution in [-0.4, -0.2) is 49.4 Å². The van der Waals surface area contributed by atoms with Crippen LogP contribution >= 0.6 is 0 Å². The van der Waals surface area contributed by atoms with E-state index in [1.165, 1.54) is 12.4 Å². The van der Waals surface area contributed by atoms with Gasteiger partial charge in [0.1, 0.15) is 17.8 Å². The minimum Gasteiger partial charge on any atom is -0.383 e. The summed E-state index contributed by atoms with van der Waals surface area (Å²) in [6.07, 6.45) is 5.46. The highest BCUT2D eigenvalue weighted by Crippen LogP contribution is 2.34. The number of anilines is 1. The Morgan fingerprint density at radius 1 is 1.13 bits per heavy atom. The first-order chi connectivity index (χ1) is 18.5. The lowest BCUT2D eigenvalue weighted by molar-refractivity contribution is -0.127. The molecule has 0 bridgehead atoms. The van der Waals surface area contributed by atoms with Gasteiger partial charge >= 0.3 is 0 Å². The van der Waals surface area contributed by atoms with Crippen LogP contribution < -0.4 is 5.73 Å². The van der Waals surface area contributed by atoms with E-state index >= 15 is 0 Å². The van der Waals surface area contributed by atoms with Gasteiger partial charge in [-0.25, -0.2) is 14.6 Å². The third-order valence-electron chi connectivity index (χ3n) is 6.95. The molecule has 1 saturated heterocycles. The van der Waals surface area contributed by atoms with E-state index < -0.39 is 0 Å². The monoisotopic (exact) mass is 505 g/mol. The number of aromatic nitrogens is 4. The van der Waals surface area contributed by atoms with Gasteiger partial charge in [0.2, 0.25) is 5.91 Å². The zero-order chi connectivity index (χ0) is 26.6. The Hall–Kier alpha value is -4.84. The van der Waals surface area contributed by atoms with Crippen LogP contribution in [-0.2, 0) is 11.2 Å². The molecule has 0 radical (unpaired) electrons. The van der Waals surface area contributed by atoms with Gasteiger partial charge in [0.05, 0.1) is 23.1 Å². The summed E-state index contributed by atoms with van der Waals surface area (Å²) in [6, 6.07) is 16.6. The number of nitrogens with zero attached hydrogens (tertiary/aromatic N) is 6. The number of carbonyl (C=O) groups is 2. The zero-order valence-electron chi connectivity index (χ0n) is 20.9. The third kappa shape index (κ3) is 4.89. The highest BCUT2D eigenvalue weighted by atomic mass is 16.2. The van der Waals surface area contributed by atoms with Gasteiger partial charge in [0.15, 0.2) is 11.4 Å². The Morgan fingerprint density at radius 3 is 2.61 bits per heavy atom. The Labute approximate surface area is 220 Å². The maximum atomic E-state index is 12.6. The molecule has 3 heterocycles. The van der Waals surface area contributed by atoms with Crippen LogP contribution in [0.1, 0.15) is 46.8 Å². The molecule has 1 aliphatic rings. The van der Waals surface area contributed by atoms with Crippen molar-refractivity contribution in [3.63, 3.8) is 0 Å². The van der Waals surface area contributed by atoms with E-state index in [4.69, 9.17) is 16.1 Å². The predicted molar refractivity (Wildman–Crippen MR) is 144 cm³/mol. The highest BCUT2D eigenvalue weighted by molar-refractivity contribution is 5.98. The summed E-state index contributed by atoms with van der Waals surface area (Å²) in [5, 5.41) is 14.5. The number of aryl methyl sites for hydroxylation is 1. The molecule has 4 aromatic rings. The number of hydrogen-bond acceptors (Lipinski definition) is 7. The molecule has 1 amide bonds. The molecule has 38 heavy (non-hydrogen) atoms. The van der Waals surface area contributed by atoms with Crippen molar-refractivity contribution < 1.29 is 9.59 Å². The number of Topliss-reactive ketones (excluding diaryl/α,β-unsaturated/α-hetero) is 1. The lowest BCUT2D eigenvalue weighted by Crippen LogP contribution is -2.40. The molecule has 9 nitrogen and oxygen atoms in total. The van der Waals surface area contributed by atoms with Gasteiger partial charge in [-0.05, 0) is 43.0 Å². The molecule has 0 spiro atoms. The molecule has 190 valence electrons. The van der Waals surface area contributed by atoms with Gasteiger partial charge in [-0.1, -0.05) is 43.0 Å². The molecule has 2 aromatic heterocycles. The Kier molecular flexibility index (Phi) is 6.96. The van der Waals surface area contributed by atoms with Crippen molar-refractivity contribution >= 4 is 28.5 Å². The van der Waals surface area contributed by atoms with Crippen molar-refractivity contribution in [1.29, 1.82) is 5.26 Å². The molecule has 5 rings (SSSR count). The first-order valence-electron chi connectivity index (χ1n) is 12.5. The standard InChI is InChI=1S/C29H27N7O2/c1-2-25(38)35-15-3-4-23(17-35)36-29-26(28(31)32-18-33-29)27(34-36)22-12-5-19(6-13-22)9-14-24(37)21-10-7-20(16-30)8-11-21/h2,5-8,10-13,18,23H,1,3-4,9,14-15,17H2,(H2,31,32,33). The molecule has 1 unspecified atom stereocenters. The number of piperidine rings is 1. The number of carbonyl (C=O) groups excluding carboxylic acids is 2. The van der Waals surface area contributed by atoms with Gasteiger partial charge in [0.25, 0.3) is 0 Å². The highest BCUT2D eigenvalue weighted by Gasteiger charge is 2.28. The summed E-state index contributed by atoms with van der Waals surface area (Å²) in [4.78, 5) is 35.3. The Balaban J connectivity index is 1.37. The summed E-state index contributed by atoms with van der Waals surface area (Å²) in [6.45, 7) is 4.83. The zero-order valence-corrected chi connectivity index (χ0v) is 20.9. The number of nitrogens with two attached hydrogens (primary N) is 1. The molecule has 0 saturated carbocycles. The second-order valence-corrected chi connectivity index (χ2v) is 9.34. The summed E-state index contributed by atoms with van der Waals surface area (Å²) in [7, 11) is 0. The third-order valence-corrected chi connectivity index (χ3v) is 6.95. The van der Waals surface area contributed by atoms with Crippen LogP contribution in [0, 0.1) is 11.3 Å². The SMILES string of the molecule is C=CC(=O)N1CCCC(n2nc(-c3ccc(CCC(=O)c4ccc(C#N)cc4)cc3)c3c(N)ncnc32)C1. The van der Waals surface area contributed by atoms with Crippen LogP contribution in [0.15, 0.2) is 67.5 Å². The van der Waals surface area contributed by atoms with Crippen molar-refractivity contribution in [2.45, 2.75) is 31.7 Å². The number of rotatable bonds is 7. The summed E-state index contributed by atoms with van der Waals surface area (Å²) >= 11 is 0. The second kappa shape index (κ2) is 10.6. The molecular formula is C29H27N7O2. The summed E-state index contributed by atoms with van der Waals surface area (Å²) in [5.74, 6) is 0.293. The van der Waals surface area contributed by atoms with E-state index in [9.17, 15) is 9.59 Å². The molecular weight excluding hydrogens is 478 g/mol. The van der Waals surface area contributed by atoms with E-state index in [1.807, 2.05) is 28.9 Å². The van der Waals surface area contributed by atoms with Gasteiger partial charge in [0, 0.05) is 30.6 Å². The van der Waals surface area contributed by atoms with Crippen LogP contribution in [0.25, 0.3) is 22.3 Å². The molecule has 1 fully saturated rings. The van der Waals surface area contributed by atoms with Crippen molar-refractivity contribution in [2.24, 2.45) is 0 Å². The predicted octanol–water partition coefficient (Wildman–Crippen LogP) is 4.11. The minimum atomic E-state index is -0.0891. The van der Waals surface area contributed by atoms with Crippen molar-refractivity contribution in [2.75, 3.05) is 18.8 Å². The van der Waals surface area contributed by atoms with E-state index in [1.54, 1.807) is 29.2 Å². The molecule has 1 aliphatic heterocycles. The van der Waals surface area contributed by atoms with Crippen molar-refractivity contribution in [3.8, 4) is 17.3 Å². The Bertz CT molecular complexity index is 1550. The average Bonchev–Trinajstić information content (AvgIpc) is 3.37. The number of benzene rings is 2. The fraction of sp³-hybridized carbons (Fsp3) is 0.241. The quantitative estimate of drug-likeness (QED) is 0.295. The van der Waals surface area contributed by atoms with E-state index in [-0.39, 0.29) is 17.7 Å². The number of amides is 1. The first kappa shape index (κ1) is 24.8. The average molecular weight is 506 g/mol. The second-order valence-electron chi connectivity index (χ2n) is 9.34. The van der Waals surface area contributed by atoms with Gasteiger partial charge in [-0.3, -0.25) is 9.59 Å². The van der Waals surface area contributed by atoms with Gasteiger partial charge in [-0.2, -0.15) is 10.4 Å². The van der Waals surface area contributed by atoms with Gasteiger partial charge < -0.3 is 10.6 Å². The number of fused-ring (bicyclic) bond motifs is 1. The summed E-state index contributed by atoms with van der Waals surface area (Å²) in [5.41, 5.74) is 10.6. The minimum absolute atomic E-state index is 0.0321. The van der Waals surface area contributed by atoms with E-state index in [0.29, 0.717) is 59.6 Å². The number of likely N-dealkylation sites (tertiary alicyclic amines) is 1. The van der Waals surface area contributed by atoms with Crippen LogP contribution in [0.5, 0.6) is 0 Å². The number of nitrogen functional groups attached to an aromatic ring is 1. The normalized spacial score (nSPS) is 15.2. The topological polar surface area (TPSA) is 131 Å². The number of hydrogen-bond donors (Lipinski definition) is 1.